The third-order valence-electron chi connectivity index (χ3n) is 3.77. The van der Waals surface area contributed by atoms with Crippen LogP contribution >= 0.6 is 0 Å². The van der Waals surface area contributed by atoms with Gasteiger partial charge in [0.05, 0.1) is 0 Å². The van der Waals surface area contributed by atoms with Crippen molar-refractivity contribution in [1.82, 2.24) is 9.97 Å². The first-order valence-electron chi connectivity index (χ1n) is 6.70. The molecule has 0 aromatic carbocycles. The summed E-state index contributed by atoms with van der Waals surface area (Å²) in [4.78, 5) is 8.97. The normalized spacial score (nSPS) is 17.8. The number of nitrogens with two attached hydrogens (primary N) is 1. The summed E-state index contributed by atoms with van der Waals surface area (Å²) in [5.41, 5.74) is 3.81. The van der Waals surface area contributed by atoms with Gasteiger partial charge in [-0.15, -0.1) is 0 Å². The molecule has 0 saturated heterocycles. The van der Waals surface area contributed by atoms with Crippen LogP contribution in [0, 0.1) is 6.92 Å². The second-order valence-electron chi connectivity index (χ2n) is 5.35. The van der Waals surface area contributed by atoms with Crippen molar-refractivity contribution in [2.24, 2.45) is 5.84 Å². The predicted molar refractivity (Wildman–Crippen MR) is 74.5 cm³/mol. The van der Waals surface area contributed by atoms with Gasteiger partial charge in [-0.1, -0.05) is 19.8 Å². The summed E-state index contributed by atoms with van der Waals surface area (Å²) in [6.45, 7) is 6.31. The number of hydrogen-bond acceptors (Lipinski definition) is 5. The summed E-state index contributed by atoms with van der Waals surface area (Å²) in [5.74, 6) is 7.96. The van der Waals surface area contributed by atoms with Crippen molar-refractivity contribution in [3.8, 4) is 0 Å². The summed E-state index contributed by atoms with van der Waals surface area (Å²) < 4.78 is 0. The molecule has 0 atom stereocenters. The Labute approximate surface area is 109 Å². The number of rotatable bonds is 4. The first-order valence-corrected chi connectivity index (χ1v) is 6.70. The Morgan fingerprint density at radius 1 is 1.22 bits per heavy atom. The number of aryl methyl sites for hydroxylation is 1. The van der Waals surface area contributed by atoms with E-state index in [4.69, 9.17) is 5.84 Å². The molecule has 1 heterocycles. The zero-order valence-corrected chi connectivity index (χ0v) is 11.5. The first kappa shape index (κ1) is 13.1. The summed E-state index contributed by atoms with van der Waals surface area (Å²) in [6.07, 6.45) is 5.78. The molecule has 4 N–H and O–H groups in total. The van der Waals surface area contributed by atoms with Crippen molar-refractivity contribution in [2.45, 2.75) is 58.4 Å². The Hall–Kier alpha value is -1.36. The van der Waals surface area contributed by atoms with Gasteiger partial charge in [-0.3, -0.25) is 0 Å². The highest BCUT2D eigenvalue weighted by Crippen LogP contribution is 2.33. The molecule has 0 aliphatic heterocycles. The van der Waals surface area contributed by atoms with Crippen LogP contribution in [0.4, 0.5) is 11.6 Å². The van der Waals surface area contributed by atoms with Crippen molar-refractivity contribution in [2.75, 3.05) is 10.7 Å². The van der Waals surface area contributed by atoms with Crippen LogP contribution in [0.25, 0.3) is 0 Å². The lowest BCUT2D eigenvalue weighted by Gasteiger charge is -2.27. The highest BCUT2D eigenvalue weighted by molar-refractivity contribution is 5.57. The van der Waals surface area contributed by atoms with E-state index in [1.165, 1.54) is 25.7 Å². The van der Waals surface area contributed by atoms with Crippen LogP contribution in [0.3, 0.4) is 0 Å². The highest BCUT2D eigenvalue weighted by atomic mass is 15.3. The standard InChI is InChI=1S/C13H23N5/c1-4-10-15-11(9(2)12(16-10)18-14)17-13(3)7-5-6-8-13/h4-8,14H2,1-3H3,(H2,15,16,17,18). The van der Waals surface area contributed by atoms with E-state index in [0.29, 0.717) is 5.82 Å². The lowest BCUT2D eigenvalue weighted by atomic mass is 10.0. The molecule has 0 unspecified atom stereocenters. The van der Waals surface area contributed by atoms with E-state index in [9.17, 15) is 0 Å². The molecular formula is C13H23N5. The van der Waals surface area contributed by atoms with Gasteiger partial charge in [-0.2, -0.15) is 0 Å². The van der Waals surface area contributed by atoms with Crippen LogP contribution in [-0.2, 0) is 6.42 Å². The van der Waals surface area contributed by atoms with Gasteiger partial charge in [-0.25, -0.2) is 15.8 Å². The van der Waals surface area contributed by atoms with Crippen molar-refractivity contribution in [1.29, 1.82) is 0 Å². The summed E-state index contributed by atoms with van der Waals surface area (Å²) in [6, 6.07) is 0. The molecule has 2 rings (SSSR count). The number of anilines is 2. The number of hydrazine groups is 1. The maximum atomic E-state index is 5.52. The zero-order chi connectivity index (χ0) is 13.2. The smallest absolute Gasteiger partial charge is 0.148 e. The van der Waals surface area contributed by atoms with Crippen molar-refractivity contribution in [3.63, 3.8) is 0 Å². The van der Waals surface area contributed by atoms with Crippen LogP contribution in [0.15, 0.2) is 0 Å². The van der Waals surface area contributed by atoms with Crippen LogP contribution in [0.5, 0.6) is 0 Å². The zero-order valence-electron chi connectivity index (χ0n) is 11.5. The van der Waals surface area contributed by atoms with E-state index in [2.05, 4.69) is 27.6 Å². The Morgan fingerprint density at radius 3 is 2.39 bits per heavy atom. The van der Waals surface area contributed by atoms with Gasteiger partial charge in [0, 0.05) is 17.5 Å². The van der Waals surface area contributed by atoms with E-state index in [1.54, 1.807) is 0 Å². The van der Waals surface area contributed by atoms with Gasteiger partial charge in [0.1, 0.15) is 17.5 Å². The van der Waals surface area contributed by atoms with Crippen LogP contribution in [0.2, 0.25) is 0 Å². The third-order valence-corrected chi connectivity index (χ3v) is 3.77. The Morgan fingerprint density at radius 2 is 1.83 bits per heavy atom. The maximum absolute atomic E-state index is 5.52. The predicted octanol–water partition coefficient (Wildman–Crippen LogP) is 2.38. The van der Waals surface area contributed by atoms with Gasteiger partial charge >= 0.3 is 0 Å². The third kappa shape index (κ3) is 2.56. The molecule has 18 heavy (non-hydrogen) atoms. The molecule has 5 heteroatoms. The second-order valence-corrected chi connectivity index (χ2v) is 5.35. The first-order chi connectivity index (χ1) is 8.58. The number of nitrogens with one attached hydrogen (secondary N) is 2. The highest BCUT2D eigenvalue weighted by Gasteiger charge is 2.29. The van der Waals surface area contributed by atoms with E-state index in [1.807, 2.05) is 13.8 Å². The molecule has 0 amide bonds. The maximum Gasteiger partial charge on any atom is 0.148 e. The molecule has 1 aromatic rings. The number of nitrogen functional groups attached to an aromatic ring is 1. The number of hydrogen-bond donors (Lipinski definition) is 3. The summed E-state index contributed by atoms with van der Waals surface area (Å²) in [5, 5.41) is 3.59. The van der Waals surface area contributed by atoms with Crippen LogP contribution in [0.1, 0.15) is 50.9 Å². The molecule has 1 aromatic heterocycles. The molecule has 0 bridgehead atoms. The van der Waals surface area contributed by atoms with Gasteiger partial charge < -0.3 is 10.7 Å². The average molecular weight is 249 g/mol. The quantitative estimate of drug-likeness (QED) is 0.564. The molecule has 1 fully saturated rings. The molecule has 1 aliphatic carbocycles. The fraction of sp³-hybridized carbons (Fsp3) is 0.692. The molecule has 100 valence electrons. The van der Waals surface area contributed by atoms with Gasteiger partial charge in [0.25, 0.3) is 0 Å². The summed E-state index contributed by atoms with van der Waals surface area (Å²) in [7, 11) is 0. The molecule has 0 radical (unpaired) electrons. The van der Waals surface area contributed by atoms with Crippen molar-refractivity contribution >= 4 is 11.6 Å². The van der Waals surface area contributed by atoms with E-state index in [-0.39, 0.29) is 5.54 Å². The minimum Gasteiger partial charge on any atom is -0.365 e. The monoisotopic (exact) mass is 249 g/mol. The summed E-state index contributed by atoms with van der Waals surface area (Å²) >= 11 is 0. The topological polar surface area (TPSA) is 75.9 Å². The SMILES string of the molecule is CCc1nc(NN)c(C)c(NC2(C)CCCC2)n1. The molecular weight excluding hydrogens is 226 g/mol. The minimum atomic E-state index is 0.163. The van der Waals surface area contributed by atoms with Gasteiger partial charge in [0.2, 0.25) is 0 Å². The Balaban J connectivity index is 2.31. The fourth-order valence-electron chi connectivity index (χ4n) is 2.55. The molecule has 0 spiro atoms. The lowest BCUT2D eigenvalue weighted by molar-refractivity contribution is 0.530. The second kappa shape index (κ2) is 5.10. The average Bonchev–Trinajstić information content (AvgIpc) is 2.78. The molecule has 5 nitrogen and oxygen atoms in total. The largest absolute Gasteiger partial charge is 0.365 e. The molecule has 1 aliphatic rings. The number of nitrogens with zero attached hydrogens (tertiary/aromatic N) is 2. The van der Waals surface area contributed by atoms with Crippen molar-refractivity contribution < 1.29 is 0 Å². The lowest BCUT2D eigenvalue weighted by Crippen LogP contribution is -2.32. The van der Waals surface area contributed by atoms with E-state index >= 15 is 0 Å². The minimum absolute atomic E-state index is 0.163. The van der Waals surface area contributed by atoms with E-state index < -0.39 is 0 Å². The fourth-order valence-corrected chi connectivity index (χ4v) is 2.55. The Kier molecular flexibility index (Phi) is 3.71. The van der Waals surface area contributed by atoms with Gasteiger partial charge in [-0.05, 0) is 26.7 Å². The number of aromatic nitrogens is 2. The molecule has 1 saturated carbocycles. The van der Waals surface area contributed by atoms with Crippen LogP contribution in [-0.4, -0.2) is 15.5 Å². The Bertz CT molecular complexity index is 424. The van der Waals surface area contributed by atoms with E-state index in [0.717, 1.165) is 23.6 Å². The van der Waals surface area contributed by atoms with Gasteiger partial charge in [0.15, 0.2) is 0 Å². The van der Waals surface area contributed by atoms with Crippen molar-refractivity contribution in [3.05, 3.63) is 11.4 Å². The van der Waals surface area contributed by atoms with Crippen LogP contribution < -0.4 is 16.6 Å².